The third-order valence-electron chi connectivity index (χ3n) is 7.60. The Balaban J connectivity index is 0.000000208. The van der Waals surface area contributed by atoms with E-state index in [2.05, 4.69) is 13.2 Å². The lowest BCUT2D eigenvalue weighted by molar-refractivity contribution is -0.128. The average molecular weight is 447 g/mol. The molecule has 2 bridgehead atoms. The molecule has 5 nitrogen and oxygen atoms in total. The molecule has 3 fully saturated rings. The third-order valence-corrected chi connectivity index (χ3v) is 10.8. The zero-order valence-electron chi connectivity index (χ0n) is 18.5. The summed E-state index contributed by atoms with van der Waals surface area (Å²) in [6.45, 7) is 5.92. The largest absolute Gasteiger partial charge is 0.748 e. The van der Waals surface area contributed by atoms with Crippen LogP contribution in [0.5, 0.6) is 0 Å². The normalized spacial score (nSPS) is 30.0. The average Bonchev–Trinajstić information content (AvgIpc) is 2.96. The van der Waals surface area contributed by atoms with Crippen LogP contribution in [0, 0.1) is 16.7 Å². The molecule has 3 aliphatic rings. The number of hydrogen-bond donors (Lipinski definition) is 0. The molecule has 3 atom stereocenters. The molecular weight excluding hydrogens is 408 g/mol. The van der Waals surface area contributed by atoms with Crippen molar-refractivity contribution < 1.29 is 22.6 Å². The molecule has 168 valence electrons. The first-order valence-corrected chi connectivity index (χ1v) is 14.5. The Morgan fingerprint density at radius 3 is 2.24 bits per heavy atom. The van der Waals surface area contributed by atoms with E-state index >= 15 is 0 Å². The molecular formula is C22H38O5S2. The molecule has 29 heavy (non-hydrogen) atoms. The molecule has 0 spiro atoms. The van der Waals surface area contributed by atoms with Gasteiger partial charge in [0.15, 0.2) is 11.5 Å². The van der Waals surface area contributed by atoms with Gasteiger partial charge in [0.05, 0.1) is 22.1 Å². The lowest BCUT2D eigenvalue weighted by Gasteiger charge is -2.37. The second-order valence-corrected chi connectivity index (χ2v) is 13.5. The Labute approximate surface area is 179 Å². The Morgan fingerprint density at radius 1 is 1.17 bits per heavy atom. The molecule has 0 amide bonds. The third kappa shape index (κ3) is 5.85. The molecule has 0 aromatic heterocycles. The zero-order valence-corrected chi connectivity index (χ0v) is 20.1. The molecule has 0 aromatic carbocycles. The Hall–Kier alpha value is -0.400. The summed E-state index contributed by atoms with van der Waals surface area (Å²) in [7, 11) is -3.96. The summed E-state index contributed by atoms with van der Waals surface area (Å²) in [5.74, 6) is 1.07. The Kier molecular flexibility index (Phi) is 8.42. The first-order chi connectivity index (χ1) is 13.4. The van der Waals surface area contributed by atoms with Gasteiger partial charge < -0.3 is 4.55 Å². The van der Waals surface area contributed by atoms with E-state index in [4.69, 9.17) is 0 Å². The first-order valence-electron chi connectivity index (χ1n) is 11.0. The number of ketones is 2. The molecule has 3 unspecified atom stereocenters. The SMILES string of the molecule is CC1(C)C2CCC1(CS(=O)(=O)[O-])C(=O)C2.CCCC(=O)C[S+](C)C1CCCCC1. The fraction of sp³-hybridized carbons (Fsp3) is 0.909. The van der Waals surface area contributed by atoms with Crippen LogP contribution in [0.4, 0.5) is 0 Å². The van der Waals surface area contributed by atoms with Crippen molar-refractivity contribution in [3.8, 4) is 0 Å². The highest BCUT2D eigenvalue weighted by atomic mass is 32.2. The predicted molar refractivity (Wildman–Crippen MR) is 118 cm³/mol. The van der Waals surface area contributed by atoms with Crippen molar-refractivity contribution in [1.82, 2.24) is 0 Å². The number of carbonyl (C=O) groups is 2. The van der Waals surface area contributed by atoms with E-state index in [1.165, 1.54) is 32.1 Å². The van der Waals surface area contributed by atoms with E-state index in [1.54, 1.807) is 0 Å². The summed E-state index contributed by atoms with van der Waals surface area (Å²) in [5.41, 5.74) is -1.22. The van der Waals surface area contributed by atoms with Gasteiger partial charge in [0.2, 0.25) is 0 Å². The molecule has 3 rings (SSSR count). The molecule has 0 radical (unpaired) electrons. The minimum atomic E-state index is -4.33. The minimum Gasteiger partial charge on any atom is -0.748 e. The topological polar surface area (TPSA) is 91.3 Å². The van der Waals surface area contributed by atoms with Crippen LogP contribution in [0.1, 0.15) is 85.0 Å². The number of carbonyl (C=O) groups excluding carboxylic acids is 2. The van der Waals surface area contributed by atoms with Crippen LogP contribution in [0.15, 0.2) is 0 Å². The molecule has 7 heteroatoms. The lowest BCUT2D eigenvalue weighted by Crippen LogP contribution is -2.42. The van der Waals surface area contributed by atoms with Gasteiger partial charge >= 0.3 is 0 Å². The van der Waals surface area contributed by atoms with E-state index in [0.717, 1.165) is 30.3 Å². The van der Waals surface area contributed by atoms with Gasteiger partial charge in [-0.3, -0.25) is 9.59 Å². The van der Waals surface area contributed by atoms with Gasteiger partial charge in [-0.15, -0.1) is 0 Å². The van der Waals surface area contributed by atoms with Crippen molar-refractivity contribution in [1.29, 1.82) is 0 Å². The lowest BCUT2D eigenvalue weighted by atomic mass is 9.70. The number of Topliss-reactive ketones (excluding diaryl/α,β-unsaturated/α-hetero) is 2. The fourth-order valence-electron chi connectivity index (χ4n) is 5.60. The second-order valence-electron chi connectivity index (χ2n) is 9.75. The Morgan fingerprint density at radius 2 is 1.79 bits per heavy atom. The highest BCUT2D eigenvalue weighted by Crippen LogP contribution is 2.64. The molecule has 3 aliphatic carbocycles. The highest BCUT2D eigenvalue weighted by Gasteiger charge is 2.64. The predicted octanol–water partition coefficient (Wildman–Crippen LogP) is 3.86. The first kappa shape index (κ1) is 24.9. The second kappa shape index (κ2) is 9.82. The van der Waals surface area contributed by atoms with Crippen molar-refractivity contribution in [2.75, 3.05) is 17.8 Å². The van der Waals surface area contributed by atoms with E-state index in [9.17, 15) is 22.6 Å². The van der Waals surface area contributed by atoms with Crippen LogP contribution in [-0.4, -0.2) is 47.5 Å². The van der Waals surface area contributed by atoms with E-state index in [-0.39, 0.29) is 17.1 Å². The van der Waals surface area contributed by atoms with Crippen LogP contribution in [0.2, 0.25) is 0 Å². The van der Waals surface area contributed by atoms with Crippen molar-refractivity contribution in [3.05, 3.63) is 0 Å². The number of rotatable bonds is 7. The van der Waals surface area contributed by atoms with Gasteiger partial charge in [0.1, 0.15) is 11.0 Å². The molecule has 0 aliphatic heterocycles. The van der Waals surface area contributed by atoms with Crippen molar-refractivity contribution >= 4 is 32.6 Å². The molecule has 0 aromatic rings. The van der Waals surface area contributed by atoms with Crippen LogP contribution in [-0.2, 0) is 30.6 Å². The fourth-order valence-corrected chi connectivity index (χ4v) is 8.91. The summed E-state index contributed by atoms with van der Waals surface area (Å²) in [5, 5.41) is 0.865. The standard InChI is InChI=1S/C12H23OS.C10H16O4S/c1-3-7-11(13)10-14(2)12-8-5-4-6-9-12;1-9(2)7-3-4-10(9,8(11)5-7)6-15(12,13)14/h12H,3-10H2,1-2H3;7H,3-6H2,1-2H3,(H,12,13,14)/q+1;/p-1. The number of fused-ring (bicyclic) bond motifs is 2. The molecule has 0 saturated heterocycles. The van der Waals surface area contributed by atoms with E-state index < -0.39 is 21.3 Å². The van der Waals surface area contributed by atoms with Gasteiger partial charge in [-0.1, -0.05) is 27.2 Å². The summed E-state index contributed by atoms with van der Waals surface area (Å²) in [6.07, 6.45) is 12.9. The molecule has 0 heterocycles. The van der Waals surface area contributed by atoms with Crippen LogP contribution in [0.25, 0.3) is 0 Å². The van der Waals surface area contributed by atoms with E-state index in [0.29, 0.717) is 29.5 Å². The quantitative estimate of drug-likeness (QED) is 0.437. The van der Waals surface area contributed by atoms with Gasteiger partial charge in [-0.2, -0.15) is 0 Å². The van der Waals surface area contributed by atoms with Crippen molar-refractivity contribution in [3.63, 3.8) is 0 Å². The maximum Gasteiger partial charge on any atom is 0.181 e. The summed E-state index contributed by atoms with van der Waals surface area (Å²) in [6, 6.07) is 0. The van der Waals surface area contributed by atoms with Gasteiger partial charge in [0.25, 0.3) is 0 Å². The number of hydrogen-bond acceptors (Lipinski definition) is 5. The Bertz CT molecular complexity index is 694. The highest BCUT2D eigenvalue weighted by molar-refractivity contribution is 7.97. The van der Waals surface area contributed by atoms with Crippen LogP contribution < -0.4 is 0 Å². The maximum absolute atomic E-state index is 11.8. The van der Waals surface area contributed by atoms with Crippen molar-refractivity contribution in [2.45, 2.75) is 90.2 Å². The van der Waals surface area contributed by atoms with Gasteiger partial charge in [-0.25, -0.2) is 8.42 Å². The molecule has 3 saturated carbocycles. The van der Waals surface area contributed by atoms with Crippen molar-refractivity contribution in [2.24, 2.45) is 16.7 Å². The van der Waals surface area contributed by atoms with Crippen LogP contribution in [0.3, 0.4) is 0 Å². The van der Waals surface area contributed by atoms with Gasteiger partial charge in [0, 0.05) is 18.3 Å². The summed E-state index contributed by atoms with van der Waals surface area (Å²) in [4.78, 5) is 23.4. The minimum absolute atomic E-state index is 0.0248. The smallest absolute Gasteiger partial charge is 0.181 e. The monoisotopic (exact) mass is 446 g/mol. The van der Waals surface area contributed by atoms with Gasteiger partial charge in [-0.05, 0) is 67.2 Å². The molecule has 0 N–H and O–H groups in total. The zero-order chi connectivity index (χ0) is 21.9. The van der Waals surface area contributed by atoms with E-state index in [1.807, 2.05) is 13.8 Å². The summed E-state index contributed by atoms with van der Waals surface area (Å²) < 4.78 is 32.7. The summed E-state index contributed by atoms with van der Waals surface area (Å²) >= 11 is 0. The maximum atomic E-state index is 11.8. The van der Waals surface area contributed by atoms with Crippen LogP contribution >= 0.6 is 0 Å².